The van der Waals surface area contributed by atoms with E-state index in [1.165, 1.54) is 23.5 Å². The fourth-order valence-electron chi connectivity index (χ4n) is 5.72. The van der Waals surface area contributed by atoms with Crippen molar-refractivity contribution >= 4 is 42.6 Å². The van der Waals surface area contributed by atoms with Crippen molar-refractivity contribution in [3.05, 3.63) is 89.7 Å². The van der Waals surface area contributed by atoms with E-state index in [9.17, 15) is 17.6 Å². The highest BCUT2D eigenvalue weighted by atomic mass is 32.2. The number of thiazole rings is 1. The number of ether oxygens (including phenoxy) is 1. The van der Waals surface area contributed by atoms with Gasteiger partial charge in [-0.3, -0.25) is 9.69 Å². The van der Waals surface area contributed by atoms with E-state index in [4.69, 9.17) is 4.74 Å². The highest BCUT2D eigenvalue weighted by Gasteiger charge is 2.47. The molecule has 6 rings (SSSR count). The number of morpholine rings is 1. The van der Waals surface area contributed by atoms with Crippen LogP contribution in [0.4, 0.5) is 9.52 Å². The summed E-state index contributed by atoms with van der Waals surface area (Å²) in [4.78, 5) is 19.5. The molecule has 0 radical (unpaired) electrons. The summed E-state index contributed by atoms with van der Waals surface area (Å²) in [6.07, 6.45) is 1.78. The number of piperidine rings is 1. The Balaban J connectivity index is 1.13. The van der Waals surface area contributed by atoms with Crippen molar-refractivity contribution in [2.45, 2.75) is 42.7 Å². The van der Waals surface area contributed by atoms with Gasteiger partial charge in [-0.15, -0.1) is 0 Å². The number of fused-ring (bicyclic) bond motifs is 1. The molecule has 0 unspecified atom stereocenters. The molecule has 2 aliphatic rings. The first-order chi connectivity index (χ1) is 20.2. The quantitative estimate of drug-likeness (QED) is 0.323. The Kier molecular flexibility index (Phi) is 8.12. The standard InChI is InChI=1S/C31H33FN4O4S2/c1-22-7-10-26(11-8-22)42(38,39)36-21-31(40-20-25(36)17-23-5-3-2-4-6-23)13-15-35(16-14-31)19-29(37)34-30-33-27-12-9-24(32)18-28(27)41-30/h2-12,18,25H,13-17,19-21H2,1H3,(H,33,34,37)/t25-/m1/s1. The number of carbonyl (C=O) groups is 1. The predicted molar refractivity (Wildman–Crippen MR) is 162 cm³/mol. The topological polar surface area (TPSA) is 91.8 Å². The van der Waals surface area contributed by atoms with Gasteiger partial charge >= 0.3 is 0 Å². The third kappa shape index (κ3) is 6.25. The molecule has 0 saturated carbocycles. The van der Waals surface area contributed by atoms with E-state index in [1.54, 1.807) is 22.5 Å². The second kappa shape index (κ2) is 11.8. The summed E-state index contributed by atoms with van der Waals surface area (Å²) in [7, 11) is -3.76. The Labute approximate surface area is 249 Å². The SMILES string of the molecule is Cc1ccc(S(=O)(=O)N2CC3(CCN(CC(=O)Nc4nc5ccc(F)cc5s4)CC3)OC[C@H]2Cc2ccccc2)cc1. The van der Waals surface area contributed by atoms with Crippen LogP contribution in [-0.2, 0) is 26.0 Å². The number of likely N-dealkylation sites (tertiary alicyclic amines) is 1. The number of carbonyl (C=O) groups excluding carboxylic acids is 1. The molecule has 42 heavy (non-hydrogen) atoms. The number of rotatable bonds is 7. The number of anilines is 1. The summed E-state index contributed by atoms with van der Waals surface area (Å²) in [6, 6.07) is 20.9. The Morgan fingerprint density at radius 3 is 2.57 bits per heavy atom. The van der Waals surface area contributed by atoms with Gasteiger partial charge in [0.25, 0.3) is 0 Å². The number of halogens is 1. The molecule has 2 fully saturated rings. The van der Waals surface area contributed by atoms with Crippen molar-refractivity contribution in [2.24, 2.45) is 0 Å². The van der Waals surface area contributed by atoms with Gasteiger partial charge in [-0.05, 0) is 62.1 Å². The molecule has 11 heteroatoms. The maximum Gasteiger partial charge on any atom is 0.243 e. The molecule has 0 bridgehead atoms. The van der Waals surface area contributed by atoms with E-state index in [-0.39, 0.29) is 35.8 Å². The number of amides is 1. The molecule has 1 amide bonds. The van der Waals surface area contributed by atoms with Gasteiger partial charge in [0.15, 0.2) is 5.13 Å². The van der Waals surface area contributed by atoms with Gasteiger partial charge in [0, 0.05) is 19.6 Å². The molecule has 1 atom stereocenters. The normalized spacial score (nSPS) is 19.7. The van der Waals surface area contributed by atoms with E-state index in [2.05, 4.69) is 10.3 Å². The lowest BCUT2D eigenvalue weighted by atomic mass is 9.88. The zero-order chi connectivity index (χ0) is 29.3. The van der Waals surface area contributed by atoms with Gasteiger partial charge in [-0.1, -0.05) is 59.4 Å². The maximum atomic E-state index is 14.0. The summed E-state index contributed by atoms with van der Waals surface area (Å²) in [5, 5.41) is 3.27. The molecule has 1 spiro atoms. The predicted octanol–water partition coefficient (Wildman–Crippen LogP) is 4.85. The lowest BCUT2D eigenvalue weighted by Gasteiger charge is -2.49. The van der Waals surface area contributed by atoms with Crippen molar-refractivity contribution in [1.82, 2.24) is 14.2 Å². The van der Waals surface area contributed by atoms with Crippen LogP contribution in [0.5, 0.6) is 0 Å². The molecule has 8 nitrogen and oxygen atoms in total. The largest absolute Gasteiger partial charge is 0.372 e. The number of benzene rings is 3. The minimum atomic E-state index is -3.76. The molecule has 1 N–H and O–H groups in total. The van der Waals surface area contributed by atoms with Crippen LogP contribution in [0.15, 0.2) is 77.7 Å². The molecule has 220 valence electrons. The zero-order valence-electron chi connectivity index (χ0n) is 23.3. The van der Waals surface area contributed by atoms with Crippen LogP contribution in [-0.4, -0.2) is 72.9 Å². The smallest absolute Gasteiger partial charge is 0.243 e. The minimum absolute atomic E-state index is 0.183. The van der Waals surface area contributed by atoms with E-state index < -0.39 is 15.6 Å². The number of nitrogens with one attached hydrogen (secondary N) is 1. The van der Waals surface area contributed by atoms with Crippen LogP contribution < -0.4 is 5.32 Å². The van der Waals surface area contributed by atoms with Crippen LogP contribution in [0.3, 0.4) is 0 Å². The highest BCUT2D eigenvalue weighted by Crippen LogP contribution is 2.36. The molecular weight excluding hydrogens is 575 g/mol. The van der Waals surface area contributed by atoms with Crippen molar-refractivity contribution < 1.29 is 22.3 Å². The third-order valence-corrected chi connectivity index (χ3v) is 11.0. The number of sulfonamides is 1. The minimum Gasteiger partial charge on any atom is -0.372 e. The van der Waals surface area contributed by atoms with E-state index in [0.717, 1.165) is 11.1 Å². The zero-order valence-corrected chi connectivity index (χ0v) is 25.0. The van der Waals surface area contributed by atoms with Gasteiger partial charge < -0.3 is 10.1 Å². The Morgan fingerprint density at radius 2 is 1.83 bits per heavy atom. The molecule has 3 heterocycles. The van der Waals surface area contributed by atoms with E-state index in [1.807, 2.05) is 54.3 Å². The number of aromatic nitrogens is 1. The molecule has 0 aliphatic carbocycles. The van der Waals surface area contributed by atoms with Crippen LogP contribution in [0.1, 0.15) is 24.0 Å². The monoisotopic (exact) mass is 608 g/mol. The van der Waals surface area contributed by atoms with Crippen molar-refractivity contribution in [3.63, 3.8) is 0 Å². The molecule has 3 aromatic carbocycles. The highest BCUT2D eigenvalue weighted by molar-refractivity contribution is 7.89. The van der Waals surface area contributed by atoms with Gasteiger partial charge in [-0.2, -0.15) is 4.31 Å². The van der Waals surface area contributed by atoms with Crippen LogP contribution in [0, 0.1) is 12.7 Å². The van der Waals surface area contributed by atoms with Crippen molar-refractivity contribution in [3.8, 4) is 0 Å². The average Bonchev–Trinajstić information content (AvgIpc) is 3.37. The molecular formula is C31H33FN4O4S2. The molecule has 2 saturated heterocycles. The molecule has 4 aromatic rings. The Morgan fingerprint density at radius 1 is 1.10 bits per heavy atom. The summed E-state index contributed by atoms with van der Waals surface area (Å²) in [5.41, 5.74) is 2.09. The summed E-state index contributed by atoms with van der Waals surface area (Å²) >= 11 is 1.24. The van der Waals surface area contributed by atoms with Gasteiger partial charge in [0.05, 0.1) is 39.9 Å². The molecule has 2 aliphatic heterocycles. The first kappa shape index (κ1) is 28.9. The maximum absolute atomic E-state index is 14.0. The van der Waals surface area contributed by atoms with Crippen molar-refractivity contribution in [1.29, 1.82) is 0 Å². The fraction of sp³-hybridized carbons (Fsp3) is 0.355. The number of aryl methyl sites for hydroxylation is 1. The lowest BCUT2D eigenvalue weighted by Crippen LogP contribution is -2.62. The Hall–Kier alpha value is -3.22. The number of hydrogen-bond donors (Lipinski definition) is 1. The van der Waals surface area contributed by atoms with Crippen LogP contribution in [0.2, 0.25) is 0 Å². The first-order valence-corrected chi connectivity index (χ1v) is 16.3. The van der Waals surface area contributed by atoms with Crippen LogP contribution >= 0.6 is 11.3 Å². The second-order valence-electron chi connectivity index (χ2n) is 11.2. The lowest BCUT2D eigenvalue weighted by molar-refractivity contribution is -0.139. The summed E-state index contributed by atoms with van der Waals surface area (Å²) < 4.78 is 50.3. The third-order valence-electron chi connectivity index (χ3n) is 8.11. The molecule has 1 aromatic heterocycles. The van der Waals surface area contributed by atoms with E-state index >= 15 is 0 Å². The first-order valence-electron chi connectivity index (χ1n) is 14.0. The van der Waals surface area contributed by atoms with Crippen LogP contribution in [0.25, 0.3) is 10.2 Å². The summed E-state index contributed by atoms with van der Waals surface area (Å²) in [5.74, 6) is -0.533. The van der Waals surface area contributed by atoms with Gasteiger partial charge in [0.2, 0.25) is 15.9 Å². The number of nitrogens with zero attached hydrogens (tertiary/aromatic N) is 3. The number of hydrogen-bond acceptors (Lipinski definition) is 7. The fourth-order valence-corrected chi connectivity index (χ4v) is 8.31. The second-order valence-corrected chi connectivity index (χ2v) is 14.1. The van der Waals surface area contributed by atoms with E-state index in [0.29, 0.717) is 54.3 Å². The Bertz CT molecular complexity index is 1670. The van der Waals surface area contributed by atoms with Crippen molar-refractivity contribution in [2.75, 3.05) is 38.1 Å². The average molecular weight is 609 g/mol. The van der Waals surface area contributed by atoms with Gasteiger partial charge in [-0.25, -0.2) is 17.8 Å². The summed E-state index contributed by atoms with van der Waals surface area (Å²) in [6.45, 7) is 3.89. The van der Waals surface area contributed by atoms with Gasteiger partial charge in [0.1, 0.15) is 5.82 Å².